The van der Waals surface area contributed by atoms with E-state index in [0.717, 1.165) is 61.2 Å². The Morgan fingerprint density at radius 2 is 1.84 bits per heavy atom. The van der Waals surface area contributed by atoms with Crippen molar-refractivity contribution in [3.8, 4) is 5.75 Å². The first-order valence-electron chi connectivity index (χ1n) is 11.9. The van der Waals surface area contributed by atoms with Crippen LogP contribution >= 0.6 is 0 Å². The fourth-order valence-electron chi connectivity index (χ4n) is 4.77. The van der Waals surface area contributed by atoms with Crippen molar-refractivity contribution in [1.82, 2.24) is 10.3 Å². The highest BCUT2D eigenvalue weighted by Crippen LogP contribution is 2.27. The van der Waals surface area contributed by atoms with Gasteiger partial charge in [0.05, 0.1) is 6.10 Å². The average Bonchev–Trinajstić information content (AvgIpc) is 3.28. The molecule has 3 aromatic rings. The summed E-state index contributed by atoms with van der Waals surface area (Å²) in [6.45, 7) is 2.08. The zero-order valence-corrected chi connectivity index (χ0v) is 18.5. The van der Waals surface area contributed by atoms with Gasteiger partial charge in [0, 0.05) is 25.6 Å². The Kier molecular flexibility index (Phi) is 6.28. The van der Waals surface area contributed by atoms with Crippen LogP contribution in [0.1, 0.15) is 50.5 Å². The van der Waals surface area contributed by atoms with Crippen molar-refractivity contribution in [2.24, 2.45) is 5.92 Å². The highest BCUT2D eigenvalue weighted by Gasteiger charge is 2.27. The van der Waals surface area contributed by atoms with Crippen LogP contribution in [0.2, 0.25) is 0 Å². The minimum atomic E-state index is 0.0253. The standard InChI is InChI=1S/C26H31N3O3/c30-25(27-18-19-7-6-10-22(17-19)31-21-8-2-1-3-9-21)20-13-15-29(16-14-20)26-28-23-11-4-5-12-24(23)32-26/h4-7,10-12,17,20-21H,1-3,8-9,13-16,18H2,(H,27,30). The number of oxazole rings is 1. The van der Waals surface area contributed by atoms with Gasteiger partial charge < -0.3 is 19.4 Å². The molecule has 0 unspecified atom stereocenters. The minimum absolute atomic E-state index is 0.0253. The Labute approximate surface area is 189 Å². The zero-order valence-electron chi connectivity index (χ0n) is 18.5. The first kappa shape index (κ1) is 20.9. The number of carbonyl (C=O) groups is 1. The van der Waals surface area contributed by atoms with Gasteiger partial charge in [0.25, 0.3) is 6.01 Å². The molecule has 0 radical (unpaired) electrons. The highest BCUT2D eigenvalue weighted by atomic mass is 16.5. The number of aromatic nitrogens is 1. The number of para-hydroxylation sites is 2. The number of nitrogens with one attached hydrogen (secondary N) is 1. The third kappa shape index (κ3) is 4.90. The fraction of sp³-hybridized carbons (Fsp3) is 0.462. The third-order valence-corrected chi connectivity index (χ3v) is 6.64. The normalized spacial score (nSPS) is 18.1. The Hall–Kier alpha value is -3.02. The van der Waals surface area contributed by atoms with Crippen LogP contribution in [-0.2, 0) is 11.3 Å². The van der Waals surface area contributed by atoms with E-state index in [4.69, 9.17) is 9.15 Å². The second-order valence-electron chi connectivity index (χ2n) is 8.97. The molecule has 2 aliphatic rings. The molecule has 1 aromatic heterocycles. The zero-order chi connectivity index (χ0) is 21.8. The van der Waals surface area contributed by atoms with Crippen LogP contribution in [-0.4, -0.2) is 30.1 Å². The predicted octanol–water partition coefficient (Wildman–Crippen LogP) is 5.07. The summed E-state index contributed by atoms with van der Waals surface area (Å²) in [7, 11) is 0. The summed E-state index contributed by atoms with van der Waals surface area (Å²) in [5, 5.41) is 3.12. The summed E-state index contributed by atoms with van der Waals surface area (Å²) in [6.07, 6.45) is 8.05. The van der Waals surface area contributed by atoms with Gasteiger partial charge in [0.1, 0.15) is 11.3 Å². The largest absolute Gasteiger partial charge is 0.490 e. The van der Waals surface area contributed by atoms with Crippen LogP contribution in [0.3, 0.4) is 0 Å². The van der Waals surface area contributed by atoms with E-state index in [2.05, 4.69) is 21.3 Å². The van der Waals surface area contributed by atoms with E-state index >= 15 is 0 Å². The van der Waals surface area contributed by atoms with Gasteiger partial charge in [-0.15, -0.1) is 0 Å². The Morgan fingerprint density at radius 3 is 2.66 bits per heavy atom. The lowest BCUT2D eigenvalue weighted by Gasteiger charge is -2.30. The quantitative estimate of drug-likeness (QED) is 0.588. The van der Waals surface area contributed by atoms with Crippen LogP contribution in [0.25, 0.3) is 11.1 Å². The van der Waals surface area contributed by atoms with E-state index in [0.29, 0.717) is 18.7 Å². The van der Waals surface area contributed by atoms with Crippen molar-refractivity contribution < 1.29 is 13.9 Å². The van der Waals surface area contributed by atoms with E-state index in [9.17, 15) is 4.79 Å². The van der Waals surface area contributed by atoms with E-state index in [1.807, 2.05) is 42.5 Å². The molecule has 1 aliphatic heterocycles. The minimum Gasteiger partial charge on any atom is -0.490 e. The van der Waals surface area contributed by atoms with Crippen LogP contribution in [0.15, 0.2) is 52.9 Å². The third-order valence-electron chi connectivity index (χ3n) is 6.64. The molecule has 1 amide bonds. The van der Waals surface area contributed by atoms with E-state index in [1.54, 1.807) is 0 Å². The lowest BCUT2D eigenvalue weighted by atomic mass is 9.96. The topological polar surface area (TPSA) is 67.6 Å². The summed E-state index contributed by atoms with van der Waals surface area (Å²) >= 11 is 0. The first-order chi connectivity index (χ1) is 15.7. The molecule has 0 bridgehead atoms. The molecule has 2 aromatic carbocycles. The second kappa shape index (κ2) is 9.63. The smallest absolute Gasteiger partial charge is 0.298 e. The Morgan fingerprint density at radius 1 is 1.03 bits per heavy atom. The number of piperidine rings is 1. The molecule has 6 nitrogen and oxygen atoms in total. The molecule has 0 spiro atoms. The number of rotatable bonds is 6. The van der Waals surface area contributed by atoms with Crippen LogP contribution in [0.4, 0.5) is 6.01 Å². The van der Waals surface area contributed by atoms with Crippen LogP contribution in [0.5, 0.6) is 5.75 Å². The van der Waals surface area contributed by atoms with Gasteiger partial charge in [-0.05, 0) is 68.4 Å². The van der Waals surface area contributed by atoms with Crippen molar-refractivity contribution >= 4 is 23.0 Å². The summed E-state index contributed by atoms with van der Waals surface area (Å²) in [4.78, 5) is 19.5. The van der Waals surface area contributed by atoms with Crippen LogP contribution < -0.4 is 15.0 Å². The summed E-state index contributed by atoms with van der Waals surface area (Å²) < 4.78 is 12.0. The van der Waals surface area contributed by atoms with Crippen molar-refractivity contribution in [3.63, 3.8) is 0 Å². The van der Waals surface area contributed by atoms with Gasteiger partial charge >= 0.3 is 0 Å². The van der Waals surface area contributed by atoms with Gasteiger partial charge in [-0.25, -0.2) is 0 Å². The number of hydrogen-bond acceptors (Lipinski definition) is 5. The van der Waals surface area contributed by atoms with E-state index in [-0.39, 0.29) is 11.8 Å². The van der Waals surface area contributed by atoms with Crippen molar-refractivity contribution in [1.29, 1.82) is 0 Å². The SMILES string of the molecule is O=C(NCc1cccc(OC2CCCCC2)c1)C1CCN(c2nc3ccccc3o2)CC1. The van der Waals surface area contributed by atoms with Crippen molar-refractivity contribution in [2.45, 2.75) is 57.6 Å². The molecule has 1 saturated carbocycles. The maximum absolute atomic E-state index is 12.8. The first-order valence-corrected chi connectivity index (χ1v) is 11.9. The lowest BCUT2D eigenvalue weighted by molar-refractivity contribution is -0.125. The highest BCUT2D eigenvalue weighted by molar-refractivity contribution is 5.79. The molecule has 5 rings (SSSR count). The van der Waals surface area contributed by atoms with Crippen molar-refractivity contribution in [2.75, 3.05) is 18.0 Å². The number of ether oxygens (including phenoxy) is 1. The fourth-order valence-corrected chi connectivity index (χ4v) is 4.77. The number of nitrogens with zero attached hydrogens (tertiary/aromatic N) is 2. The van der Waals surface area contributed by atoms with E-state index < -0.39 is 0 Å². The lowest BCUT2D eigenvalue weighted by Crippen LogP contribution is -2.40. The summed E-state index contributed by atoms with van der Waals surface area (Å²) in [5.41, 5.74) is 2.75. The monoisotopic (exact) mass is 433 g/mol. The molecule has 2 fully saturated rings. The molecule has 1 N–H and O–H groups in total. The second-order valence-corrected chi connectivity index (χ2v) is 8.97. The van der Waals surface area contributed by atoms with Gasteiger partial charge in [-0.1, -0.05) is 30.7 Å². The molecule has 1 saturated heterocycles. The molecule has 0 atom stereocenters. The van der Waals surface area contributed by atoms with Gasteiger partial charge in [0.2, 0.25) is 5.91 Å². The van der Waals surface area contributed by atoms with Gasteiger partial charge in [0.15, 0.2) is 5.58 Å². The van der Waals surface area contributed by atoms with Crippen LogP contribution in [0, 0.1) is 5.92 Å². The molecule has 168 valence electrons. The summed E-state index contributed by atoms with van der Waals surface area (Å²) in [5.74, 6) is 1.06. The Balaban J connectivity index is 1.11. The van der Waals surface area contributed by atoms with E-state index in [1.165, 1.54) is 19.3 Å². The number of hydrogen-bond donors (Lipinski definition) is 1. The molecule has 2 heterocycles. The maximum Gasteiger partial charge on any atom is 0.298 e. The number of amides is 1. The molecular weight excluding hydrogens is 402 g/mol. The molecule has 6 heteroatoms. The number of anilines is 1. The number of benzene rings is 2. The molecule has 1 aliphatic carbocycles. The Bertz CT molecular complexity index is 1020. The average molecular weight is 434 g/mol. The van der Waals surface area contributed by atoms with Gasteiger partial charge in [-0.3, -0.25) is 4.79 Å². The number of fused-ring (bicyclic) bond motifs is 1. The molecule has 32 heavy (non-hydrogen) atoms. The number of carbonyl (C=O) groups excluding carboxylic acids is 1. The van der Waals surface area contributed by atoms with Gasteiger partial charge in [-0.2, -0.15) is 4.98 Å². The maximum atomic E-state index is 12.8. The molecular formula is C26H31N3O3. The summed E-state index contributed by atoms with van der Waals surface area (Å²) in [6, 6.07) is 16.6. The van der Waals surface area contributed by atoms with Crippen molar-refractivity contribution in [3.05, 3.63) is 54.1 Å². The predicted molar refractivity (Wildman–Crippen MR) is 125 cm³/mol.